The molecule has 0 saturated carbocycles. The highest BCUT2D eigenvalue weighted by atomic mass is 16.6. The number of hydrogen-bond donors (Lipinski definition) is 0. The second-order valence-electron chi connectivity index (χ2n) is 6.42. The van der Waals surface area contributed by atoms with Gasteiger partial charge < -0.3 is 18.9 Å². The predicted octanol–water partition coefficient (Wildman–Crippen LogP) is 2.08. The molecule has 1 aliphatic heterocycles. The smallest absolute Gasteiger partial charge is 0.255 e. The van der Waals surface area contributed by atoms with Gasteiger partial charge in [-0.05, 0) is 32.0 Å². The molecule has 1 aromatic carbocycles. The van der Waals surface area contributed by atoms with E-state index in [1.165, 1.54) is 10.6 Å². The molecule has 1 unspecified atom stereocenters. The number of para-hydroxylation sites is 2. The highest BCUT2D eigenvalue weighted by molar-refractivity contribution is 5.94. The first-order valence-corrected chi connectivity index (χ1v) is 8.32. The molecule has 1 amide bonds. The molecule has 132 valence electrons. The minimum absolute atomic E-state index is 0.00879. The Labute approximate surface area is 146 Å². The second kappa shape index (κ2) is 7.01. The second-order valence-corrected chi connectivity index (χ2v) is 6.42. The summed E-state index contributed by atoms with van der Waals surface area (Å²) in [7, 11) is 1.63. The Morgan fingerprint density at radius 3 is 2.64 bits per heavy atom. The van der Waals surface area contributed by atoms with Crippen LogP contribution in [-0.4, -0.2) is 40.7 Å². The number of aryl methyl sites for hydroxylation is 1. The van der Waals surface area contributed by atoms with Crippen molar-refractivity contribution in [1.29, 1.82) is 0 Å². The van der Waals surface area contributed by atoms with Gasteiger partial charge in [0.15, 0.2) is 17.6 Å². The molecule has 0 N–H and O–H groups in total. The number of fused-ring (bicyclic) bond motifs is 1. The highest BCUT2D eigenvalue weighted by Crippen LogP contribution is 2.31. The molecule has 6 nitrogen and oxygen atoms in total. The fraction of sp³-hybridized carbons (Fsp3) is 0.368. The van der Waals surface area contributed by atoms with Crippen LogP contribution in [0, 0.1) is 0 Å². The SMILES string of the molecule is CC(C)N(CC1COc2ccccc2O1)C(=O)c1ccc(=O)n(C)c1. The van der Waals surface area contributed by atoms with Crippen LogP contribution in [0.15, 0.2) is 47.4 Å². The summed E-state index contributed by atoms with van der Waals surface area (Å²) in [4.78, 5) is 26.2. The molecular weight excluding hydrogens is 320 g/mol. The van der Waals surface area contributed by atoms with Crippen LogP contribution in [0.1, 0.15) is 24.2 Å². The van der Waals surface area contributed by atoms with Crippen LogP contribution >= 0.6 is 0 Å². The van der Waals surface area contributed by atoms with E-state index in [9.17, 15) is 9.59 Å². The molecular formula is C19H22N2O4. The number of nitrogens with zero attached hydrogens (tertiary/aromatic N) is 2. The maximum atomic E-state index is 12.9. The molecule has 25 heavy (non-hydrogen) atoms. The van der Waals surface area contributed by atoms with Crippen molar-refractivity contribution in [3.63, 3.8) is 0 Å². The third-order valence-electron chi connectivity index (χ3n) is 4.18. The summed E-state index contributed by atoms with van der Waals surface area (Å²) in [5, 5.41) is 0. The zero-order chi connectivity index (χ0) is 18.0. The van der Waals surface area contributed by atoms with E-state index in [1.807, 2.05) is 38.1 Å². The molecule has 1 aliphatic rings. The largest absolute Gasteiger partial charge is 0.486 e. The van der Waals surface area contributed by atoms with Gasteiger partial charge in [0.2, 0.25) is 5.56 Å². The van der Waals surface area contributed by atoms with E-state index in [0.717, 1.165) is 5.75 Å². The van der Waals surface area contributed by atoms with Crippen molar-refractivity contribution < 1.29 is 14.3 Å². The summed E-state index contributed by atoms with van der Waals surface area (Å²) in [6.45, 7) is 4.71. The van der Waals surface area contributed by atoms with E-state index in [1.54, 1.807) is 24.2 Å². The maximum absolute atomic E-state index is 12.9. The van der Waals surface area contributed by atoms with Crippen molar-refractivity contribution >= 4 is 5.91 Å². The van der Waals surface area contributed by atoms with Gasteiger partial charge in [-0.2, -0.15) is 0 Å². The number of carbonyl (C=O) groups excluding carboxylic acids is 1. The maximum Gasteiger partial charge on any atom is 0.255 e. The van der Waals surface area contributed by atoms with Crippen molar-refractivity contribution in [1.82, 2.24) is 9.47 Å². The Morgan fingerprint density at radius 2 is 1.96 bits per heavy atom. The Hall–Kier alpha value is -2.76. The lowest BCUT2D eigenvalue weighted by molar-refractivity contribution is 0.0392. The number of pyridine rings is 1. The van der Waals surface area contributed by atoms with Gasteiger partial charge in [0.25, 0.3) is 5.91 Å². The molecule has 2 aromatic rings. The van der Waals surface area contributed by atoms with Gasteiger partial charge in [0.1, 0.15) is 6.61 Å². The number of ether oxygens (including phenoxy) is 2. The van der Waals surface area contributed by atoms with Gasteiger partial charge >= 0.3 is 0 Å². The van der Waals surface area contributed by atoms with E-state index in [-0.39, 0.29) is 23.6 Å². The Balaban J connectivity index is 1.77. The summed E-state index contributed by atoms with van der Waals surface area (Å²) in [6, 6.07) is 10.5. The molecule has 1 atom stereocenters. The van der Waals surface area contributed by atoms with Gasteiger partial charge in [0, 0.05) is 25.4 Å². The van der Waals surface area contributed by atoms with Crippen LogP contribution in [-0.2, 0) is 7.05 Å². The summed E-state index contributed by atoms with van der Waals surface area (Å²) < 4.78 is 13.1. The lowest BCUT2D eigenvalue weighted by Crippen LogP contribution is -2.46. The van der Waals surface area contributed by atoms with E-state index in [4.69, 9.17) is 9.47 Å². The Kier molecular flexibility index (Phi) is 4.79. The van der Waals surface area contributed by atoms with Gasteiger partial charge in [-0.3, -0.25) is 9.59 Å². The van der Waals surface area contributed by atoms with Crippen LogP contribution in [0.2, 0.25) is 0 Å². The van der Waals surface area contributed by atoms with Gasteiger partial charge in [-0.15, -0.1) is 0 Å². The summed E-state index contributed by atoms with van der Waals surface area (Å²) in [5.74, 6) is 1.28. The molecule has 0 bridgehead atoms. The first kappa shape index (κ1) is 17.1. The molecule has 6 heteroatoms. The minimum atomic E-state index is -0.242. The Bertz CT molecular complexity index is 828. The summed E-state index contributed by atoms with van der Waals surface area (Å²) in [5.41, 5.74) is 0.334. The molecule has 0 saturated heterocycles. The zero-order valence-corrected chi connectivity index (χ0v) is 14.6. The molecule has 1 aromatic heterocycles. The third-order valence-corrected chi connectivity index (χ3v) is 4.18. The zero-order valence-electron chi connectivity index (χ0n) is 14.6. The number of benzene rings is 1. The van der Waals surface area contributed by atoms with E-state index >= 15 is 0 Å². The van der Waals surface area contributed by atoms with Crippen molar-refractivity contribution in [3.8, 4) is 11.5 Å². The molecule has 2 heterocycles. The van der Waals surface area contributed by atoms with Crippen LogP contribution in [0.3, 0.4) is 0 Å². The molecule has 0 aliphatic carbocycles. The molecule has 0 radical (unpaired) electrons. The molecule has 3 rings (SSSR count). The monoisotopic (exact) mass is 342 g/mol. The predicted molar refractivity (Wildman–Crippen MR) is 94.2 cm³/mol. The van der Waals surface area contributed by atoms with Gasteiger partial charge in [-0.25, -0.2) is 0 Å². The number of rotatable bonds is 4. The fourth-order valence-corrected chi connectivity index (χ4v) is 2.79. The average molecular weight is 342 g/mol. The number of aromatic nitrogens is 1. The standard InChI is InChI=1S/C19H22N2O4/c1-13(2)21(19(23)14-8-9-18(22)20(3)10-14)11-15-12-24-16-6-4-5-7-17(16)25-15/h4-10,13,15H,11-12H2,1-3H3. The van der Waals surface area contributed by atoms with Crippen molar-refractivity contribution in [2.45, 2.75) is 26.0 Å². The van der Waals surface area contributed by atoms with E-state index < -0.39 is 0 Å². The third kappa shape index (κ3) is 3.68. The molecule has 0 spiro atoms. The van der Waals surface area contributed by atoms with Crippen LogP contribution in [0.25, 0.3) is 0 Å². The fourth-order valence-electron chi connectivity index (χ4n) is 2.79. The van der Waals surface area contributed by atoms with Crippen LogP contribution in [0.5, 0.6) is 11.5 Å². The first-order valence-electron chi connectivity index (χ1n) is 8.32. The van der Waals surface area contributed by atoms with Gasteiger partial charge in [-0.1, -0.05) is 12.1 Å². The van der Waals surface area contributed by atoms with Crippen molar-refractivity contribution in [2.75, 3.05) is 13.2 Å². The Morgan fingerprint density at radius 1 is 1.24 bits per heavy atom. The topological polar surface area (TPSA) is 60.8 Å². The number of hydrogen-bond acceptors (Lipinski definition) is 4. The average Bonchev–Trinajstić information content (AvgIpc) is 2.61. The summed E-state index contributed by atoms with van der Waals surface area (Å²) in [6.07, 6.45) is 1.32. The normalized spacial score (nSPS) is 15.9. The number of amides is 1. The first-order chi connectivity index (χ1) is 12.0. The highest BCUT2D eigenvalue weighted by Gasteiger charge is 2.27. The van der Waals surface area contributed by atoms with Gasteiger partial charge in [0.05, 0.1) is 12.1 Å². The lowest BCUT2D eigenvalue weighted by atomic mass is 10.2. The lowest BCUT2D eigenvalue weighted by Gasteiger charge is -2.33. The summed E-state index contributed by atoms with van der Waals surface area (Å²) >= 11 is 0. The van der Waals surface area contributed by atoms with E-state index in [0.29, 0.717) is 24.5 Å². The number of carbonyl (C=O) groups is 1. The van der Waals surface area contributed by atoms with Crippen molar-refractivity contribution in [2.24, 2.45) is 7.05 Å². The van der Waals surface area contributed by atoms with Crippen LogP contribution in [0.4, 0.5) is 0 Å². The minimum Gasteiger partial charge on any atom is -0.486 e. The molecule has 0 fully saturated rings. The quantitative estimate of drug-likeness (QED) is 0.853. The van der Waals surface area contributed by atoms with E-state index in [2.05, 4.69) is 0 Å². The van der Waals surface area contributed by atoms with Crippen LogP contribution < -0.4 is 15.0 Å². The van der Waals surface area contributed by atoms with Crippen molar-refractivity contribution in [3.05, 3.63) is 58.5 Å².